The van der Waals surface area contributed by atoms with E-state index < -0.39 is 0 Å². The number of pyridine rings is 1. The molecule has 2 nitrogen and oxygen atoms in total. The Balaban J connectivity index is 1.31. The standard InChI is InChI=1S/C43H25NO/c1-2-11-30-28(9-1)29-10-3-4-12-31(29)42-36(30)18-19-37-38-25-27(17-20-39(38)45-43(37)42)41-34-15-7-5-13-32(34)40(26-21-23-44-24-22-26)33-14-6-8-16-35(33)41/h1-25H. The Labute approximate surface area is 258 Å². The highest BCUT2D eigenvalue weighted by atomic mass is 16.3. The van der Waals surface area contributed by atoms with Crippen molar-refractivity contribution in [3.63, 3.8) is 0 Å². The van der Waals surface area contributed by atoms with Crippen molar-refractivity contribution >= 4 is 75.8 Å². The third-order valence-electron chi connectivity index (χ3n) is 9.53. The van der Waals surface area contributed by atoms with Gasteiger partial charge in [-0.1, -0.05) is 109 Å². The molecule has 8 aromatic carbocycles. The van der Waals surface area contributed by atoms with E-state index in [1.807, 2.05) is 12.4 Å². The second kappa shape index (κ2) is 9.25. The Morgan fingerprint density at radius 1 is 0.356 bits per heavy atom. The first-order valence-corrected chi connectivity index (χ1v) is 15.4. The third kappa shape index (κ3) is 3.42. The molecule has 10 rings (SSSR count). The summed E-state index contributed by atoms with van der Waals surface area (Å²) in [6.07, 6.45) is 3.75. The molecular formula is C43H25NO. The van der Waals surface area contributed by atoms with Crippen molar-refractivity contribution in [1.82, 2.24) is 4.98 Å². The quantitative estimate of drug-likeness (QED) is 0.152. The Morgan fingerprint density at radius 2 is 0.822 bits per heavy atom. The van der Waals surface area contributed by atoms with Crippen LogP contribution in [0.1, 0.15) is 0 Å². The minimum Gasteiger partial charge on any atom is -0.455 e. The Kier molecular flexibility index (Phi) is 5.03. The number of aromatic nitrogens is 1. The molecule has 0 saturated heterocycles. The van der Waals surface area contributed by atoms with Gasteiger partial charge in [0.15, 0.2) is 0 Å². The van der Waals surface area contributed by atoms with Gasteiger partial charge >= 0.3 is 0 Å². The second-order valence-electron chi connectivity index (χ2n) is 11.8. The summed E-state index contributed by atoms with van der Waals surface area (Å²) in [6.45, 7) is 0. The van der Waals surface area contributed by atoms with Crippen molar-refractivity contribution in [2.75, 3.05) is 0 Å². The summed E-state index contributed by atoms with van der Waals surface area (Å²) in [5.41, 5.74) is 6.69. The normalized spacial score (nSPS) is 12.0. The van der Waals surface area contributed by atoms with Gasteiger partial charge in [0.1, 0.15) is 11.2 Å². The second-order valence-corrected chi connectivity index (χ2v) is 11.8. The Morgan fingerprint density at radius 3 is 1.42 bits per heavy atom. The number of furan rings is 1. The number of hydrogen-bond donors (Lipinski definition) is 0. The largest absolute Gasteiger partial charge is 0.455 e. The summed E-state index contributed by atoms with van der Waals surface area (Å²) in [4.78, 5) is 4.29. The van der Waals surface area contributed by atoms with E-state index >= 15 is 0 Å². The fourth-order valence-corrected chi connectivity index (χ4v) is 7.65. The van der Waals surface area contributed by atoms with E-state index in [0.717, 1.165) is 21.9 Å². The van der Waals surface area contributed by atoms with Gasteiger partial charge in [-0.15, -0.1) is 0 Å². The van der Waals surface area contributed by atoms with E-state index in [4.69, 9.17) is 4.42 Å². The van der Waals surface area contributed by atoms with Crippen LogP contribution in [0.25, 0.3) is 98.1 Å². The van der Waals surface area contributed by atoms with E-state index in [1.54, 1.807) is 0 Å². The molecule has 2 heteroatoms. The molecule has 10 aromatic rings. The lowest BCUT2D eigenvalue weighted by atomic mass is 9.86. The van der Waals surface area contributed by atoms with Crippen LogP contribution in [-0.4, -0.2) is 4.98 Å². The van der Waals surface area contributed by atoms with E-state index in [-0.39, 0.29) is 0 Å². The Hall–Kier alpha value is -5.99. The summed E-state index contributed by atoms with van der Waals surface area (Å²) >= 11 is 0. The van der Waals surface area contributed by atoms with Crippen molar-refractivity contribution < 1.29 is 4.42 Å². The van der Waals surface area contributed by atoms with Gasteiger partial charge in [0.25, 0.3) is 0 Å². The van der Waals surface area contributed by atoms with E-state index in [2.05, 4.69) is 145 Å². The number of nitrogens with zero attached hydrogens (tertiary/aromatic N) is 1. The monoisotopic (exact) mass is 571 g/mol. The zero-order valence-electron chi connectivity index (χ0n) is 24.3. The maximum Gasteiger partial charge on any atom is 0.143 e. The molecule has 0 spiro atoms. The Bertz CT molecular complexity index is 2720. The summed E-state index contributed by atoms with van der Waals surface area (Å²) < 4.78 is 6.76. The SMILES string of the molecule is c1ccc2c(-c3ccc4oc5c(ccc6c7ccccc7c7ccccc7c65)c4c3)c3ccccc3c(-c3ccncc3)c2c1. The van der Waals surface area contributed by atoms with Gasteiger partial charge < -0.3 is 4.42 Å². The van der Waals surface area contributed by atoms with Crippen LogP contribution >= 0.6 is 0 Å². The van der Waals surface area contributed by atoms with Crippen molar-refractivity contribution in [3.8, 4) is 22.3 Å². The molecule has 208 valence electrons. The average Bonchev–Trinajstić information content (AvgIpc) is 3.49. The maximum atomic E-state index is 6.76. The zero-order valence-corrected chi connectivity index (χ0v) is 24.3. The van der Waals surface area contributed by atoms with Gasteiger partial charge in [-0.2, -0.15) is 0 Å². The summed E-state index contributed by atoms with van der Waals surface area (Å²) in [6, 6.07) is 50.4. The van der Waals surface area contributed by atoms with Crippen molar-refractivity contribution in [2.24, 2.45) is 0 Å². The first-order chi connectivity index (χ1) is 22.3. The minimum absolute atomic E-state index is 0.903. The van der Waals surface area contributed by atoms with Crippen LogP contribution < -0.4 is 0 Å². The van der Waals surface area contributed by atoms with E-state index in [1.165, 1.54) is 76.1 Å². The van der Waals surface area contributed by atoms with Crippen LogP contribution in [0.3, 0.4) is 0 Å². The van der Waals surface area contributed by atoms with Gasteiger partial charge in [0.05, 0.1) is 0 Å². The number of benzene rings is 8. The molecule has 0 unspecified atom stereocenters. The van der Waals surface area contributed by atoms with Crippen LogP contribution in [0.15, 0.2) is 156 Å². The van der Waals surface area contributed by atoms with Crippen LogP contribution in [0.5, 0.6) is 0 Å². The first kappa shape index (κ1) is 24.5. The summed E-state index contributed by atoms with van der Waals surface area (Å²) in [7, 11) is 0. The van der Waals surface area contributed by atoms with Gasteiger partial charge in [0.2, 0.25) is 0 Å². The topological polar surface area (TPSA) is 26.0 Å². The minimum atomic E-state index is 0.903. The molecule has 0 saturated carbocycles. The molecule has 0 amide bonds. The van der Waals surface area contributed by atoms with Crippen LogP contribution in [-0.2, 0) is 0 Å². The van der Waals surface area contributed by atoms with Crippen molar-refractivity contribution in [3.05, 3.63) is 152 Å². The summed E-state index contributed by atoms with van der Waals surface area (Å²) in [5.74, 6) is 0. The molecule has 0 aliphatic carbocycles. The fourth-order valence-electron chi connectivity index (χ4n) is 7.65. The molecule has 0 radical (unpaired) electrons. The third-order valence-corrected chi connectivity index (χ3v) is 9.53. The van der Waals surface area contributed by atoms with E-state index in [9.17, 15) is 0 Å². The fraction of sp³-hybridized carbons (Fsp3) is 0. The van der Waals surface area contributed by atoms with Crippen molar-refractivity contribution in [2.45, 2.75) is 0 Å². The lowest BCUT2D eigenvalue weighted by Gasteiger charge is -2.17. The predicted molar refractivity (Wildman–Crippen MR) is 190 cm³/mol. The van der Waals surface area contributed by atoms with E-state index in [0.29, 0.717) is 0 Å². The first-order valence-electron chi connectivity index (χ1n) is 15.4. The number of rotatable bonds is 2. The molecule has 0 bridgehead atoms. The summed E-state index contributed by atoms with van der Waals surface area (Å²) in [5, 5.41) is 14.6. The molecule has 2 aromatic heterocycles. The number of hydrogen-bond acceptors (Lipinski definition) is 2. The van der Waals surface area contributed by atoms with Gasteiger partial charge in [-0.3, -0.25) is 4.98 Å². The highest BCUT2D eigenvalue weighted by molar-refractivity contribution is 6.32. The molecule has 2 heterocycles. The van der Waals surface area contributed by atoms with Gasteiger partial charge in [-0.25, -0.2) is 0 Å². The van der Waals surface area contributed by atoms with Crippen LogP contribution in [0.2, 0.25) is 0 Å². The molecular weight excluding hydrogens is 546 g/mol. The molecule has 45 heavy (non-hydrogen) atoms. The smallest absolute Gasteiger partial charge is 0.143 e. The predicted octanol–water partition coefficient (Wildman–Crippen LogP) is 12.1. The maximum absolute atomic E-state index is 6.76. The number of fused-ring (bicyclic) bond motifs is 12. The molecule has 0 N–H and O–H groups in total. The molecule has 0 atom stereocenters. The highest BCUT2D eigenvalue weighted by Gasteiger charge is 2.19. The lowest BCUT2D eigenvalue weighted by Crippen LogP contribution is -1.90. The molecule has 0 aliphatic rings. The van der Waals surface area contributed by atoms with Gasteiger partial charge in [-0.05, 0) is 101 Å². The highest BCUT2D eigenvalue weighted by Crippen LogP contribution is 2.46. The lowest BCUT2D eigenvalue weighted by molar-refractivity contribution is 0.673. The zero-order chi connectivity index (χ0) is 29.5. The van der Waals surface area contributed by atoms with Gasteiger partial charge in [0, 0.05) is 28.6 Å². The van der Waals surface area contributed by atoms with Crippen molar-refractivity contribution in [1.29, 1.82) is 0 Å². The van der Waals surface area contributed by atoms with Crippen LogP contribution in [0, 0.1) is 0 Å². The molecule has 0 aliphatic heterocycles. The van der Waals surface area contributed by atoms with Crippen LogP contribution in [0.4, 0.5) is 0 Å². The molecule has 0 fully saturated rings. The average molecular weight is 572 g/mol.